The van der Waals surface area contributed by atoms with Gasteiger partial charge in [-0.15, -0.1) is 0 Å². The third-order valence-electron chi connectivity index (χ3n) is 6.63. The minimum absolute atomic E-state index is 0.224. The zero-order chi connectivity index (χ0) is 19.7. The van der Waals surface area contributed by atoms with Gasteiger partial charge in [-0.25, -0.2) is 0 Å². The summed E-state index contributed by atoms with van der Waals surface area (Å²) in [6.45, 7) is 3.39. The summed E-state index contributed by atoms with van der Waals surface area (Å²) in [5.74, 6) is -4.10. The van der Waals surface area contributed by atoms with Gasteiger partial charge in [0.05, 0.1) is 23.8 Å². The summed E-state index contributed by atoms with van der Waals surface area (Å²) < 4.78 is 0. The van der Waals surface area contributed by atoms with E-state index < -0.39 is 29.8 Å². The molecule has 3 aliphatic carbocycles. The van der Waals surface area contributed by atoms with Crippen LogP contribution in [-0.2, 0) is 14.4 Å². The summed E-state index contributed by atoms with van der Waals surface area (Å²) in [5.41, 5.74) is 4.30. The highest BCUT2D eigenvalue weighted by Crippen LogP contribution is 2.61. The quantitative estimate of drug-likeness (QED) is 0.766. The second kappa shape index (κ2) is 5.77. The molecule has 6 rings (SSSR count). The second-order valence-electron chi connectivity index (χ2n) is 8.32. The maximum atomic E-state index is 13.4. The van der Waals surface area contributed by atoms with E-state index in [1.165, 1.54) is 0 Å². The molecule has 0 saturated carbocycles. The van der Waals surface area contributed by atoms with E-state index in [0.29, 0.717) is 0 Å². The first-order valence-corrected chi connectivity index (χ1v) is 9.69. The number of aliphatic carboxylic acids is 1. The molecule has 0 unspecified atom stereocenters. The Morgan fingerprint density at radius 3 is 1.46 bits per heavy atom. The zero-order valence-electron chi connectivity index (χ0n) is 15.7. The van der Waals surface area contributed by atoms with Crippen LogP contribution in [0.15, 0.2) is 48.5 Å². The summed E-state index contributed by atoms with van der Waals surface area (Å²) in [5, 5.41) is 11.8. The molecule has 5 nitrogen and oxygen atoms in total. The number of rotatable bonds is 3. The molecule has 2 bridgehead atoms. The number of carbonyl (C=O) groups is 3. The Kier molecular flexibility index (Phi) is 3.54. The van der Waals surface area contributed by atoms with Gasteiger partial charge in [0.1, 0.15) is 0 Å². The van der Waals surface area contributed by atoms with Gasteiger partial charge in [-0.05, 0) is 28.2 Å². The minimum atomic E-state index is -1.38. The Morgan fingerprint density at radius 2 is 1.18 bits per heavy atom. The number of carboxylic acids is 1. The van der Waals surface area contributed by atoms with Crippen molar-refractivity contribution in [2.75, 3.05) is 0 Å². The van der Waals surface area contributed by atoms with Crippen LogP contribution in [0.3, 0.4) is 0 Å². The Labute approximate surface area is 163 Å². The largest absolute Gasteiger partial charge is 0.548 e. The maximum Gasteiger partial charge on any atom is 0.234 e. The van der Waals surface area contributed by atoms with E-state index in [1.54, 1.807) is 13.8 Å². The van der Waals surface area contributed by atoms with Gasteiger partial charge < -0.3 is 9.90 Å². The summed E-state index contributed by atoms with van der Waals surface area (Å²) >= 11 is 0. The predicted octanol–water partition coefficient (Wildman–Crippen LogP) is 1.65. The average molecular weight is 374 g/mol. The number of carbonyl (C=O) groups excluding carboxylic acids is 3. The molecule has 0 N–H and O–H groups in total. The summed E-state index contributed by atoms with van der Waals surface area (Å²) in [6.07, 6.45) is 0. The Morgan fingerprint density at radius 1 is 0.821 bits per heavy atom. The monoisotopic (exact) mass is 374 g/mol. The maximum absolute atomic E-state index is 13.4. The fourth-order valence-corrected chi connectivity index (χ4v) is 5.65. The molecule has 142 valence electrons. The highest BCUT2D eigenvalue weighted by atomic mass is 16.4. The Balaban J connectivity index is 1.72. The molecule has 1 aliphatic heterocycles. The lowest BCUT2D eigenvalue weighted by atomic mass is 9.55. The number of carboxylic acid groups (broad SMARTS) is 1. The Hall–Kier alpha value is -2.95. The first kappa shape index (κ1) is 17.2. The molecule has 0 spiro atoms. The number of amides is 2. The number of hydrogen-bond acceptors (Lipinski definition) is 4. The average Bonchev–Trinajstić information content (AvgIpc) is 2.93. The van der Waals surface area contributed by atoms with Crippen molar-refractivity contribution in [2.45, 2.75) is 31.7 Å². The van der Waals surface area contributed by atoms with Gasteiger partial charge in [0.15, 0.2) is 0 Å². The minimum Gasteiger partial charge on any atom is -0.548 e. The van der Waals surface area contributed by atoms with Gasteiger partial charge >= 0.3 is 0 Å². The topological polar surface area (TPSA) is 77.5 Å². The highest BCUT2D eigenvalue weighted by Gasteiger charge is 2.62. The van der Waals surface area contributed by atoms with E-state index in [9.17, 15) is 19.5 Å². The summed E-state index contributed by atoms with van der Waals surface area (Å²) in [7, 11) is 0. The van der Waals surface area contributed by atoms with E-state index >= 15 is 0 Å². The van der Waals surface area contributed by atoms with Crippen LogP contribution >= 0.6 is 0 Å². The molecule has 3 atom stereocenters. The molecule has 2 aromatic carbocycles. The third kappa shape index (κ3) is 1.99. The van der Waals surface area contributed by atoms with Crippen LogP contribution < -0.4 is 5.11 Å². The van der Waals surface area contributed by atoms with Crippen molar-refractivity contribution in [1.29, 1.82) is 0 Å². The van der Waals surface area contributed by atoms with Crippen molar-refractivity contribution in [2.24, 2.45) is 17.8 Å². The van der Waals surface area contributed by atoms with Crippen LogP contribution in [0.1, 0.15) is 47.9 Å². The van der Waals surface area contributed by atoms with Crippen molar-refractivity contribution in [1.82, 2.24) is 4.90 Å². The molecule has 0 radical (unpaired) electrons. The SMILES string of the molecule is CC(C)[C@H](C(=O)[O-])N1C(=O)[C@H]2C3c4ccccc4C(c4ccccc43)[C@@H]2C1=O. The van der Waals surface area contributed by atoms with Crippen molar-refractivity contribution in [3.8, 4) is 0 Å². The van der Waals surface area contributed by atoms with Crippen LogP contribution in [-0.4, -0.2) is 28.7 Å². The van der Waals surface area contributed by atoms with Crippen molar-refractivity contribution < 1.29 is 19.5 Å². The van der Waals surface area contributed by atoms with Gasteiger partial charge in [0.2, 0.25) is 11.8 Å². The van der Waals surface area contributed by atoms with Crippen molar-refractivity contribution >= 4 is 17.8 Å². The van der Waals surface area contributed by atoms with Gasteiger partial charge in [0, 0.05) is 11.8 Å². The zero-order valence-corrected chi connectivity index (χ0v) is 15.7. The number of benzene rings is 2. The van der Waals surface area contributed by atoms with E-state index in [0.717, 1.165) is 27.2 Å². The lowest BCUT2D eigenvalue weighted by molar-refractivity contribution is -0.312. The van der Waals surface area contributed by atoms with Crippen LogP contribution in [0.4, 0.5) is 0 Å². The molecule has 2 aromatic rings. The molecule has 5 heteroatoms. The van der Waals surface area contributed by atoms with Crippen LogP contribution in [0, 0.1) is 17.8 Å². The molecule has 28 heavy (non-hydrogen) atoms. The molecule has 1 fully saturated rings. The highest BCUT2D eigenvalue weighted by molar-refractivity contribution is 6.09. The van der Waals surface area contributed by atoms with E-state index in [2.05, 4.69) is 0 Å². The lowest BCUT2D eigenvalue weighted by Gasteiger charge is -2.45. The molecule has 1 saturated heterocycles. The van der Waals surface area contributed by atoms with Gasteiger partial charge in [-0.3, -0.25) is 14.5 Å². The Bertz CT molecular complexity index is 911. The molecule has 0 aromatic heterocycles. The van der Waals surface area contributed by atoms with Gasteiger partial charge in [0.25, 0.3) is 0 Å². The van der Waals surface area contributed by atoms with Crippen LogP contribution in [0.2, 0.25) is 0 Å². The smallest absolute Gasteiger partial charge is 0.234 e. The van der Waals surface area contributed by atoms with Crippen LogP contribution in [0.5, 0.6) is 0 Å². The number of likely N-dealkylation sites (tertiary alicyclic amines) is 1. The first-order valence-electron chi connectivity index (χ1n) is 9.69. The number of hydrogen-bond donors (Lipinski definition) is 0. The fourth-order valence-electron chi connectivity index (χ4n) is 5.65. The molecule has 2 amide bonds. The van der Waals surface area contributed by atoms with Crippen LogP contribution in [0.25, 0.3) is 0 Å². The first-order chi connectivity index (χ1) is 13.4. The normalized spacial score (nSPS) is 28.2. The van der Waals surface area contributed by atoms with Gasteiger partial charge in [-0.2, -0.15) is 0 Å². The second-order valence-corrected chi connectivity index (χ2v) is 8.32. The van der Waals surface area contributed by atoms with Crippen molar-refractivity contribution in [3.05, 3.63) is 70.8 Å². The molecular formula is C23H20NO4-. The standard InChI is InChI=1S/C23H21NO4/c1-11(2)20(23(27)28)24-21(25)18-16-12-7-3-4-8-13(12)17(19(18)22(24)26)15-10-6-5-9-14(15)16/h3-11,16-20H,1-2H3,(H,27,28)/p-1/t16?,17?,18-,19-,20+/m0/s1. The predicted molar refractivity (Wildman–Crippen MR) is 99.0 cm³/mol. The molecular weight excluding hydrogens is 354 g/mol. The van der Waals surface area contributed by atoms with E-state index in [1.807, 2.05) is 48.5 Å². The van der Waals surface area contributed by atoms with Crippen molar-refractivity contribution in [3.63, 3.8) is 0 Å². The lowest BCUT2D eigenvalue weighted by Crippen LogP contribution is -2.53. The molecule has 4 aliphatic rings. The molecule has 1 heterocycles. The summed E-state index contributed by atoms with van der Waals surface area (Å²) in [4.78, 5) is 39.6. The fraction of sp³-hybridized carbons (Fsp3) is 0.348. The summed E-state index contributed by atoms with van der Waals surface area (Å²) in [6, 6.07) is 14.7. The van der Waals surface area contributed by atoms with E-state index in [4.69, 9.17) is 0 Å². The third-order valence-corrected chi connectivity index (χ3v) is 6.63. The van der Waals surface area contributed by atoms with E-state index in [-0.39, 0.29) is 23.7 Å². The number of imide groups is 1. The van der Waals surface area contributed by atoms with Gasteiger partial charge in [-0.1, -0.05) is 62.4 Å². The number of nitrogens with zero attached hydrogens (tertiary/aromatic N) is 1.